The van der Waals surface area contributed by atoms with Gasteiger partial charge in [-0.1, -0.05) is 44.6 Å². The number of carbonyl (C=O) groups excluding carboxylic acids is 2. The van der Waals surface area contributed by atoms with Crippen LogP contribution >= 0.6 is 0 Å². The summed E-state index contributed by atoms with van der Waals surface area (Å²) in [6.07, 6.45) is 21.2. The van der Waals surface area contributed by atoms with Gasteiger partial charge in [0.2, 0.25) is 0 Å². The molecule has 0 bridgehead atoms. The van der Waals surface area contributed by atoms with Crippen LogP contribution in [-0.4, -0.2) is 37.4 Å². The van der Waals surface area contributed by atoms with Crippen molar-refractivity contribution in [3.05, 3.63) is 12.7 Å². The second-order valence-electron chi connectivity index (χ2n) is 11.8. The third kappa shape index (κ3) is 11.5. The Morgan fingerprint density at radius 3 is 1.95 bits per heavy atom. The van der Waals surface area contributed by atoms with Crippen molar-refractivity contribution >= 4 is 11.9 Å². The first-order chi connectivity index (χ1) is 18.6. The first-order valence-corrected chi connectivity index (χ1v) is 15.7. The van der Waals surface area contributed by atoms with Gasteiger partial charge in [-0.2, -0.15) is 0 Å². The lowest BCUT2D eigenvalue weighted by Crippen LogP contribution is -2.31. The van der Waals surface area contributed by atoms with Crippen molar-refractivity contribution in [1.29, 1.82) is 0 Å². The fourth-order valence-electron chi connectivity index (χ4n) is 6.33. The SMILES string of the molecule is C=CC(=O)OCCCCCCOC1CCC(C(=O)OC2CCC(C#CC3CCC(CCC)CC3)CC2)CC1. The molecule has 0 unspecified atom stereocenters. The van der Waals surface area contributed by atoms with Crippen molar-refractivity contribution in [3.8, 4) is 11.8 Å². The number of hydrogen-bond acceptors (Lipinski definition) is 5. The van der Waals surface area contributed by atoms with E-state index in [-0.39, 0.29) is 30.1 Å². The predicted molar refractivity (Wildman–Crippen MR) is 151 cm³/mol. The molecular formula is C33H52O5. The average molecular weight is 529 g/mol. The smallest absolute Gasteiger partial charge is 0.330 e. The molecule has 0 atom stereocenters. The van der Waals surface area contributed by atoms with Crippen LogP contribution in [0.5, 0.6) is 0 Å². The molecular weight excluding hydrogens is 476 g/mol. The molecule has 0 heterocycles. The van der Waals surface area contributed by atoms with Gasteiger partial charge in [0.25, 0.3) is 0 Å². The van der Waals surface area contributed by atoms with E-state index >= 15 is 0 Å². The van der Waals surface area contributed by atoms with Crippen LogP contribution < -0.4 is 0 Å². The van der Waals surface area contributed by atoms with Crippen molar-refractivity contribution in [1.82, 2.24) is 0 Å². The van der Waals surface area contributed by atoms with Crippen LogP contribution in [0.1, 0.15) is 122 Å². The highest BCUT2D eigenvalue weighted by molar-refractivity contribution is 5.81. The summed E-state index contributed by atoms with van der Waals surface area (Å²) in [7, 11) is 0. The normalized spacial score (nSPS) is 29.5. The molecule has 3 rings (SSSR count). The van der Waals surface area contributed by atoms with Crippen LogP contribution in [0.15, 0.2) is 12.7 Å². The summed E-state index contributed by atoms with van der Waals surface area (Å²) in [5.74, 6) is 8.94. The molecule has 38 heavy (non-hydrogen) atoms. The summed E-state index contributed by atoms with van der Waals surface area (Å²) in [5, 5.41) is 0. The maximum absolute atomic E-state index is 12.8. The minimum Gasteiger partial charge on any atom is -0.463 e. The summed E-state index contributed by atoms with van der Waals surface area (Å²) in [6.45, 7) is 6.91. The molecule has 0 aliphatic heterocycles. The van der Waals surface area contributed by atoms with E-state index < -0.39 is 0 Å². The van der Waals surface area contributed by atoms with Gasteiger partial charge in [-0.3, -0.25) is 4.79 Å². The lowest BCUT2D eigenvalue weighted by Gasteiger charge is -2.30. The minimum atomic E-state index is -0.351. The van der Waals surface area contributed by atoms with Crippen LogP contribution in [0.4, 0.5) is 0 Å². The molecule has 0 aromatic heterocycles. The zero-order valence-corrected chi connectivity index (χ0v) is 23.9. The van der Waals surface area contributed by atoms with E-state index in [1.807, 2.05) is 0 Å². The van der Waals surface area contributed by atoms with Crippen LogP contribution in [0, 0.1) is 35.5 Å². The number of rotatable bonds is 13. The maximum Gasteiger partial charge on any atom is 0.330 e. The van der Waals surface area contributed by atoms with Gasteiger partial charge in [0, 0.05) is 24.5 Å². The predicted octanol–water partition coefficient (Wildman–Crippen LogP) is 7.56. The fraction of sp³-hybridized carbons (Fsp3) is 0.818. The number of esters is 2. The van der Waals surface area contributed by atoms with Gasteiger partial charge in [0.05, 0.1) is 18.6 Å². The molecule has 0 N–H and O–H groups in total. The third-order valence-electron chi connectivity index (χ3n) is 8.80. The van der Waals surface area contributed by atoms with Crippen LogP contribution in [0.3, 0.4) is 0 Å². The van der Waals surface area contributed by atoms with E-state index in [0.717, 1.165) is 89.6 Å². The summed E-state index contributed by atoms with van der Waals surface area (Å²) in [4.78, 5) is 23.8. The second kappa shape index (κ2) is 17.7. The minimum absolute atomic E-state index is 0.0129. The molecule has 0 radical (unpaired) electrons. The van der Waals surface area contributed by atoms with E-state index in [2.05, 4.69) is 25.3 Å². The zero-order chi connectivity index (χ0) is 27.0. The Kier molecular flexibility index (Phi) is 14.3. The third-order valence-corrected chi connectivity index (χ3v) is 8.80. The Bertz CT molecular complexity index is 756. The Hall–Kier alpha value is -1.80. The van der Waals surface area contributed by atoms with Crippen molar-refractivity contribution in [2.75, 3.05) is 13.2 Å². The Morgan fingerprint density at radius 2 is 1.34 bits per heavy atom. The molecule has 3 fully saturated rings. The maximum atomic E-state index is 12.8. The molecule has 3 saturated carbocycles. The van der Waals surface area contributed by atoms with Crippen LogP contribution in [0.2, 0.25) is 0 Å². The van der Waals surface area contributed by atoms with Crippen molar-refractivity contribution in [3.63, 3.8) is 0 Å². The standard InChI is InChI=1S/C33H52O5/c1-3-9-26-10-12-27(13-11-26)14-15-28-16-20-31(21-17-28)38-33(35)29-18-22-30(23-19-29)36-24-7-5-6-8-25-37-32(34)4-2/h4,26-31H,2-3,5-13,16-25H2,1H3. The number of carbonyl (C=O) groups is 2. The Morgan fingerprint density at radius 1 is 0.763 bits per heavy atom. The number of unbranched alkanes of at least 4 members (excludes halogenated alkanes) is 3. The van der Waals surface area contributed by atoms with Crippen LogP contribution in [0.25, 0.3) is 0 Å². The second-order valence-corrected chi connectivity index (χ2v) is 11.8. The largest absolute Gasteiger partial charge is 0.463 e. The summed E-state index contributed by atoms with van der Waals surface area (Å²) in [5.41, 5.74) is 0. The number of hydrogen-bond donors (Lipinski definition) is 0. The molecule has 3 aliphatic rings. The van der Waals surface area contributed by atoms with Gasteiger partial charge >= 0.3 is 11.9 Å². The fourth-order valence-corrected chi connectivity index (χ4v) is 6.33. The Balaban J connectivity index is 1.20. The van der Waals surface area contributed by atoms with Gasteiger partial charge in [-0.05, 0) is 102 Å². The van der Waals surface area contributed by atoms with Gasteiger partial charge < -0.3 is 14.2 Å². The first kappa shape index (κ1) is 30.7. The lowest BCUT2D eigenvalue weighted by molar-refractivity contribution is -0.158. The highest BCUT2D eigenvalue weighted by Crippen LogP contribution is 2.33. The summed E-state index contributed by atoms with van der Waals surface area (Å²) in [6, 6.07) is 0. The lowest BCUT2D eigenvalue weighted by atomic mass is 9.80. The van der Waals surface area contributed by atoms with E-state index in [1.165, 1.54) is 44.6 Å². The summed E-state index contributed by atoms with van der Waals surface area (Å²) < 4.78 is 17.0. The molecule has 0 spiro atoms. The van der Waals surface area contributed by atoms with Gasteiger partial charge in [0.1, 0.15) is 6.10 Å². The molecule has 0 aromatic rings. The molecule has 5 nitrogen and oxygen atoms in total. The first-order valence-electron chi connectivity index (χ1n) is 15.7. The molecule has 0 saturated heterocycles. The monoisotopic (exact) mass is 528 g/mol. The average Bonchev–Trinajstić information content (AvgIpc) is 2.95. The molecule has 0 aromatic carbocycles. The van der Waals surface area contributed by atoms with E-state index in [9.17, 15) is 9.59 Å². The number of ether oxygens (including phenoxy) is 3. The van der Waals surface area contributed by atoms with Gasteiger partial charge in [-0.15, -0.1) is 0 Å². The topological polar surface area (TPSA) is 61.8 Å². The van der Waals surface area contributed by atoms with Crippen molar-refractivity contribution < 1.29 is 23.8 Å². The zero-order valence-electron chi connectivity index (χ0n) is 23.9. The quantitative estimate of drug-likeness (QED) is 0.107. The van der Waals surface area contributed by atoms with E-state index in [4.69, 9.17) is 14.2 Å². The van der Waals surface area contributed by atoms with E-state index in [1.54, 1.807) is 0 Å². The van der Waals surface area contributed by atoms with E-state index in [0.29, 0.717) is 18.4 Å². The molecule has 3 aliphatic carbocycles. The molecule has 5 heteroatoms. The molecule has 214 valence electrons. The van der Waals surface area contributed by atoms with Crippen molar-refractivity contribution in [2.45, 2.75) is 135 Å². The highest BCUT2D eigenvalue weighted by atomic mass is 16.5. The van der Waals surface area contributed by atoms with Gasteiger partial charge in [-0.25, -0.2) is 4.79 Å². The van der Waals surface area contributed by atoms with Crippen LogP contribution in [-0.2, 0) is 23.8 Å². The highest BCUT2D eigenvalue weighted by Gasteiger charge is 2.31. The van der Waals surface area contributed by atoms with Gasteiger partial charge in [0.15, 0.2) is 0 Å². The summed E-state index contributed by atoms with van der Waals surface area (Å²) >= 11 is 0. The van der Waals surface area contributed by atoms with Crippen molar-refractivity contribution in [2.24, 2.45) is 23.7 Å². The Labute approximate surface area is 231 Å². The molecule has 0 amide bonds.